The molecule has 0 radical (unpaired) electrons. The Hall–Kier alpha value is -4.72. The number of thiazole rings is 1. The highest BCUT2D eigenvalue weighted by Crippen LogP contribution is 2.51. The van der Waals surface area contributed by atoms with Crippen LogP contribution in [0.4, 0.5) is 17.1 Å². The molecule has 0 spiro atoms. The SMILES string of the molecule is [C-]#[N+]/C(=C1\C=C2C=C(c3ccc(N(c4ccccc4)c4ccccc4)cc3)CCC2C(C)(C)C1)c1nc2ccccc2s1. The average Bonchev–Trinajstić information content (AvgIpc) is 3.46. The highest BCUT2D eigenvalue weighted by molar-refractivity contribution is 7.19. The summed E-state index contributed by atoms with van der Waals surface area (Å²) in [6.07, 6.45) is 7.76. The van der Waals surface area contributed by atoms with E-state index in [1.165, 1.54) is 16.7 Å². The molecule has 4 aromatic carbocycles. The van der Waals surface area contributed by atoms with Crippen LogP contribution in [0.5, 0.6) is 0 Å². The third-order valence-corrected chi connectivity index (χ3v) is 9.86. The number of hydrogen-bond acceptors (Lipinski definition) is 3. The lowest BCUT2D eigenvalue weighted by atomic mass is 9.62. The van der Waals surface area contributed by atoms with Crippen LogP contribution < -0.4 is 4.90 Å². The van der Waals surface area contributed by atoms with E-state index in [1.807, 2.05) is 18.2 Å². The summed E-state index contributed by atoms with van der Waals surface area (Å²) < 4.78 is 1.13. The molecule has 0 amide bonds. The molecule has 3 nitrogen and oxygen atoms in total. The van der Waals surface area contributed by atoms with Gasteiger partial charge in [0.05, 0.1) is 16.8 Å². The van der Waals surface area contributed by atoms with Gasteiger partial charge in [-0.25, -0.2) is 9.83 Å². The number of nitrogens with zero attached hydrogens (tertiary/aromatic N) is 3. The van der Waals surface area contributed by atoms with Gasteiger partial charge in [0.25, 0.3) is 0 Å². The van der Waals surface area contributed by atoms with Crippen LogP contribution in [0.25, 0.3) is 26.3 Å². The normalized spacial score (nSPS) is 18.7. The molecule has 1 heterocycles. The maximum absolute atomic E-state index is 8.11. The summed E-state index contributed by atoms with van der Waals surface area (Å²) in [5, 5.41) is 0.828. The van der Waals surface area contributed by atoms with Crippen molar-refractivity contribution in [3.63, 3.8) is 0 Å². The fourth-order valence-corrected chi connectivity index (χ4v) is 7.72. The summed E-state index contributed by atoms with van der Waals surface area (Å²) in [4.78, 5) is 11.2. The van der Waals surface area contributed by atoms with Crippen molar-refractivity contribution < 1.29 is 0 Å². The topological polar surface area (TPSA) is 20.5 Å². The van der Waals surface area contributed by atoms with Crippen molar-refractivity contribution >= 4 is 49.9 Å². The third-order valence-electron chi connectivity index (χ3n) is 8.81. The maximum atomic E-state index is 8.11. The van der Waals surface area contributed by atoms with E-state index in [4.69, 9.17) is 11.6 Å². The monoisotopic (exact) mass is 575 g/mol. The first-order valence-electron chi connectivity index (χ1n) is 14.9. The fourth-order valence-electron chi connectivity index (χ4n) is 6.73. The van der Waals surface area contributed by atoms with Crippen LogP contribution >= 0.6 is 11.3 Å². The number of rotatable bonds is 5. The van der Waals surface area contributed by atoms with Crippen molar-refractivity contribution in [3.8, 4) is 0 Å². The van der Waals surface area contributed by atoms with Gasteiger partial charge in [0.1, 0.15) is 5.01 Å². The van der Waals surface area contributed by atoms with Gasteiger partial charge in [-0.15, -0.1) is 11.3 Å². The average molecular weight is 576 g/mol. The Morgan fingerprint density at radius 2 is 1.44 bits per heavy atom. The molecule has 1 unspecified atom stereocenters. The summed E-state index contributed by atoms with van der Waals surface area (Å²) >= 11 is 1.62. The quantitative estimate of drug-likeness (QED) is 0.194. The zero-order valence-corrected chi connectivity index (χ0v) is 25.3. The predicted molar refractivity (Wildman–Crippen MR) is 181 cm³/mol. The van der Waals surface area contributed by atoms with Crippen molar-refractivity contribution in [1.29, 1.82) is 0 Å². The van der Waals surface area contributed by atoms with Gasteiger partial charge >= 0.3 is 0 Å². The minimum Gasteiger partial charge on any atom is -0.311 e. The lowest BCUT2D eigenvalue weighted by Gasteiger charge is -2.42. The number of hydrogen-bond donors (Lipinski definition) is 0. The standard InChI is InChI=1S/C39H33N3S/c1-39(2)26-30(37(40-3)38-41-35-16-10-11-17-36(35)43-38)25-29-24-28(20-23-34(29)39)27-18-21-33(22-19-27)42(31-12-6-4-7-13-31)32-14-8-5-9-15-32/h4-19,21-22,24-25,34H,20,23,26H2,1-2H3/b37-30+. The number of allylic oxidation sites excluding steroid dienone is 5. The van der Waals surface area contributed by atoms with E-state index < -0.39 is 0 Å². The van der Waals surface area contributed by atoms with Crippen LogP contribution in [0, 0.1) is 17.9 Å². The fraction of sp³-hybridized carbons (Fsp3) is 0.179. The predicted octanol–water partition coefficient (Wildman–Crippen LogP) is 11.2. The molecule has 7 rings (SSSR count). The molecule has 0 bridgehead atoms. The van der Waals surface area contributed by atoms with Gasteiger partial charge in [-0.1, -0.05) is 86.7 Å². The first-order chi connectivity index (χ1) is 21.0. The van der Waals surface area contributed by atoms with Gasteiger partial charge in [-0.2, -0.15) is 0 Å². The van der Waals surface area contributed by atoms with E-state index in [2.05, 4.69) is 127 Å². The molecule has 0 saturated carbocycles. The van der Waals surface area contributed by atoms with Crippen molar-refractivity contribution in [2.45, 2.75) is 33.1 Å². The number of aromatic nitrogens is 1. The third kappa shape index (κ3) is 5.22. The van der Waals surface area contributed by atoms with Crippen molar-refractivity contribution in [3.05, 3.63) is 154 Å². The number of para-hydroxylation sites is 3. The summed E-state index contributed by atoms with van der Waals surface area (Å²) in [5.41, 5.74) is 10.2. The first-order valence-corrected chi connectivity index (χ1v) is 15.7. The smallest absolute Gasteiger partial charge is 0.225 e. The molecule has 2 aliphatic carbocycles. The molecule has 210 valence electrons. The van der Waals surface area contributed by atoms with Gasteiger partial charge in [0.2, 0.25) is 5.70 Å². The summed E-state index contributed by atoms with van der Waals surface area (Å²) in [6, 6.07) is 38.2. The lowest BCUT2D eigenvalue weighted by Crippen LogP contribution is -2.31. The Balaban J connectivity index is 1.25. The van der Waals surface area contributed by atoms with Crippen molar-refractivity contribution in [1.82, 2.24) is 4.98 Å². The number of anilines is 3. The van der Waals surface area contributed by atoms with E-state index in [-0.39, 0.29) is 5.41 Å². The molecular weight excluding hydrogens is 543 g/mol. The van der Waals surface area contributed by atoms with E-state index in [9.17, 15) is 0 Å². The zero-order valence-electron chi connectivity index (χ0n) is 24.5. The van der Waals surface area contributed by atoms with Crippen LogP contribution in [-0.2, 0) is 0 Å². The molecule has 1 aromatic heterocycles. The second-order valence-electron chi connectivity index (χ2n) is 12.1. The minimum atomic E-state index is 0.0732. The van der Waals surface area contributed by atoms with Gasteiger partial charge in [-0.3, -0.25) is 0 Å². The van der Waals surface area contributed by atoms with Gasteiger partial charge < -0.3 is 4.90 Å². The summed E-state index contributed by atoms with van der Waals surface area (Å²) in [7, 11) is 0. The molecule has 2 aliphatic rings. The van der Waals surface area contributed by atoms with Crippen LogP contribution in [0.15, 0.2) is 132 Å². The summed E-state index contributed by atoms with van der Waals surface area (Å²) in [6.45, 7) is 12.8. The minimum absolute atomic E-state index is 0.0732. The molecule has 0 saturated heterocycles. The van der Waals surface area contributed by atoms with E-state index in [0.717, 1.165) is 57.1 Å². The Kier molecular flexibility index (Phi) is 7.05. The molecule has 0 aliphatic heterocycles. The second kappa shape index (κ2) is 11.2. The Morgan fingerprint density at radius 1 is 0.814 bits per heavy atom. The lowest BCUT2D eigenvalue weighted by molar-refractivity contribution is 0.228. The molecule has 0 fully saturated rings. The number of fused-ring (bicyclic) bond motifs is 2. The molecule has 43 heavy (non-hydrogen) atoms. The van der Waals surface area contributed by atoms with Crippen LogP contribution in [-0.4, -0.2) is 4.98 Å². The van der Waals surface area contributed by atoms with E-state index in [1.54, 1.807) is 11.3 Å². The van der Waals surface area contributed by atoms with E-state index >= 15 is 0 Å². The molecule has 5 aromatic rings. The van der Waals surface area contributed by atoms with Crippen molar-refractivity contribution in [2.24, 2.45) is 11.3 Å². The molecule has 0 N–H and O–H groups in total. The van der Waals surface area contributed by atoms with Crippen LogP contribution in [0.2, 0.25) is 0 Å². The van der Waals surface area contributed by atoms with E-state index in [0.29, 0.717) is 11.6 Å². The van der Waals surface area contributed by atoms with Crippen LogP contribution in [0.1, 0.15) is 43.7 Å². The first kappa shape index (κ1) is 27.1. The van der Waals surface area contributed by atoms with Crippen LogP contribution in [0.3, 0.4) is 0 Å². The highest BCUT2D eigenvalue weighted by Gasteiger charge is 2.38. The second-order valence-corrected chi connectivity index (χ2v) is 13.1. The Labute approximate surface area is 258 Å². The molecular formula is C39H33N3S. The van der Waals surface area contributed by atoms with Gasteiger partial charge in [0, 0.05) is 17.1 Å². The molecule has 1 atom stereocenters. The highest BCUT2D eigenvalue weighted by atomic mass is 32.1. The maximum Gasteiger partial charge on any atom is 0.225 e. The van der Waals surface area contributed by atoms with Gasteiger partial charge in [0.15, 0.2) is 0 Å². The number of benzene rings is 4. The molecule has 4 heteroatoms. The van der Waals surface area contributed by atoms with Gasteiger partial charge in [-0.05, 0) is 101 Å². The largest absolute Gasteiger partial charge is 0.311 e. The summed E-state index contributed by atoms with van der Waals surface area (Å²) in [5.74, 6) is 0.480. The Morgan fingerprint density at radius 3 is 2.09 bits per heavy atom. The Bertz CT molecular complexity index is 1850. The zero-order chi connectivity index (χ0) is 29.4. The van der Waals surface area contributed by atoms with Crippen molar-refractivity contribution in [2.75, 3.05) is 4.90 Å².